The van der Waals surface area contributed by atoms with E-state index in [1.165, 1.54) is 6.07 Å². The molecule has 2 N–H and O–H groups in total. The molecule has 0 bridgehead atoms. The highest BCUT2D eigenvalue weighted by Crippen LogP contribution is 2.20. The van der Waals surface area contributed by atoms with E-state index in [9.17, 15) is 9.18 Å². The number of hydrogen-bond donors (Lipinski definition) is 2. The number of nitrogens with one attached hydrogen (secondary N) is 2. The van der Waals surface area contributed by atoms with Crippen LogP contribution in [0.2, 0.25) is 5.02 Å². The molecule has 0 aromatic heterocycles. The molecule has 0 unspecified atom stereocenters. The Hall–Kier alpha value is -2.07. The third-order valence-corrected chi connectivity index (χ3v) is 3.42. The Morgan fingerprint density at radius 3 is 2.71 bits per heavy atom. The molecule has 21 heavy (non-hydrogen) atoms. The second kappa shape index (κ2) is 6.59. The van der Waals surface area contributed by atoms with Crippen molar-refractivity contribution in [2.24, 2.45) is 0 Å². The zero-order valence-corrected chi connectivity index (χ0v) is 12.6. The van der Waals surface area contributed by atoms with Crippen LogP contribution in [0.5, 0.6) is 0 Å². The quantitative estimate of drug-likeness (QED) is 0.891. The Balaban J connectivity index is 1.99. The van der Waals surface area contributed by atoms with Crippen LogP contribution in [-0.2, 0) is 4.79 Å². The molecule has 0 aliphatic carbocycles. The molecule has 0 saturated carbocycles. The first-order valence-corrected chi connectivity index (χ1v) is 6.90. The number of carbonyl (C=O) groups excluding carboxylic acids is 1. The van der Waals surface area contributed by atoms with Crippen molar-refractivity contribution >= 4 is 28.9 Å². The lowest BCUT2D eigenvalue weighted by Crippen LogP contribution is -2.22. The largest absolute Gasteiger partial charge is 0.376 e. The highest BCUT2D eigenvalue weighted by molar-refractivity contribution is 6.31. The number of aryl methyl sites for hydroxylation is 1. The van der Waals surface area contributed by atoms with Gasteiger partial charge in [0.05, 0.1) is 6.54 Å². The van der Waals surface area contributed by atoms with Crippen LogP contribution in [0.25, 0.3) is 0 Å². The Labute approximate surface area is 128 Å². The zero-order chi connectivity index (χ0) is 15.4. The van der Waals surface area contributed by atoms with Gasteiger partial charge in [-0.1, -0.05) is 23.7 Å². The summed E-state index contributed by atoms with van der Waals surface area (Å²) in [6.07, 6.45) is 0. The van der Waals surface area contributed by atoms with Crippen LogP contribution in [-0.4, -0.2) is 12.5 Å². The van der Waals surface area contributed by atoms with Gasteiger partial charge in [-0.05, 0) is 43.7 Å². The molecule has 0 saturated heterocycles. The Kier molecular flexibility index (Phi) is 4.81. The van der Waals surface area contributed by atoms with Crippen LogP contribution in [0.3, 0.4) is 0 Å². The van der Waals surface area contributed by atoms with Crippen LogP contribution in [0.15, 0.2) is 36.4 Å². The summed E-state index contributed by atoms with van der Waals surface area (Å²) in [5.41, 5.74) is 2.69. The zero-order valence-electron chi connectivity index (χ0n) is 11.8. The number of anilines is 2. The van der Waals surface area contributed by atoms with Crippen molar-refractivity contribution in [3.05, 3.63) is 58.4 Å². The maximum atomic E-state index is 13.4. The second-order valence-corrected chi connectivity index (χ2v) is 5.21. The van der Waals surface area contributed by atoms with Gasteiger partial charge in [0.15, 0.2) is 0 Å². The van der Waals surface area contributed by atoms with Crippen LogP contribution in [0.4, 0.5) is 15.8 Å². The van der Waals surface area contributed by atoms with E-state index < -0.39 is 0 Å². The highest BCUT2D eigenvalue weighted by atomic mass is 35.5. The predicted octanol–water partition coefficient (Wildman–Crippen LogP) is 4.15. The summed E-state index contributed by atoms with van der Waals surface area (Å²) in [5.74, 6) is -0.518. The second-order valence-electron chi connectivity index (χ2n) is 4.77. The number of carbonyl (C=O) groups is 1. The van der Waals surface area contributed by atoms with Gasteiger partial charge in [-0.15, -0.1) is 0 Å². The molecule has 0 atom stereocenters. The first-order chi connectivity index (χ1) is 9.97. The fraction of sp³-hybridized carbons (Fsp3) is 0.188. The Morgan fingerprint density at radius 2 is 1.95 bits per heavy atom. The van der Waals surface area contributed by atoms with E-state index in [1.807, 2.05) is 13.0 Å². The lowest BCUT2D eigenvalue weighted by Gasteiger charge is -2.12. The molecule has 0 radical (unpaired) electrons. The van der Waals surface area contributed by atoms with E-state index >= 15 is 0 Å². The number of amides is 1. The number of halogens is 2. The molecule has 2 aromatic carbocycles. The third kappa shape index (κ3) is 3.95. The van der Waals surface area contributed by atoms with E-state index in [4.69, 9.17) is 11.6 Å². The minimum atomic E-state index is -0.300. The summed E-state index contributed by atoms with van der Waals surface area (Å²) in [6.45, 7) is 3.60. The SMILES string of the molecule is Cc1ccc(Cl)cc1NC(=O)CNc1cccc(F)c1C. The minimum absolute atomic E-state index is 0.0518. The van der Waals surface area contributed by atoms with Crippen molar-refractivity contribution in [3.8, 4) is 0 Å². The lowest BCUT2D eigenvalue weighted by molar-refractivity contribution is -0.114. The number of benzene rings is 2. The van der Waals surface area contributed by atoms with Gasteiger partial charge in [-0.25, -0.2) is 4.39 Å². The smallest absolute Gasteiger partial charge is 0.243 e. The van der Waals surface area contributed by atoms with Crippen molar-refractivity contribution < 1.29 is 9.18 Å². The van der Waals surface area contributed by atoms with E-state index in [2.05, 4.69) is 10.6 Å². The van der Waals surface area contributed by atoms with Crippen molar-refractivity contribution in [3.63, 3.8) is 0 Å². The molecule has 1 amide bonds. The van der Waals surface area contributed by atoms with E-state index in [0.717, 1.165) is 5.56 Å². The van der Waals surface area contributed by atoms with Crippen molar-refractivity contribution in [2.75, 3.05) is 17.2 Å². The van der Waals surface area contributed by atoms with Crippen LogP contribution < -0.4 is 10.6 Å². The Bertz CT molecular complexity index is 673. The first-order valence-electron chi connectivity index (χ1n) is 6.52. The summed E-state index contributed by atoms with van der Waals surface area (Å²) >= 11 is 5.90. The maximum absolute atomic E-state index is 13.4. The summed E-state index contributed by atoms with van der Waals surface area (Å²) in [7, 11) is 0. The lowest BCUT2D eigenvalue weighted by atomic mass is 10.2. The van der Waals surface area contributed by atoms with Gasteiger partial charge in [-0.3, -0.25) is 4.79 Å². The number of rotatable bonds is 4. The minimum Gasteiger partial charge on any atom is -0.376 e. The fourth-order valence-corrected chi connectivity index (χ4v) is 2.07. The van der Waals surface area contributed by atoms with Gasteiger partial charge in [0.2, 0.25) is 5.91 Å². The number of hydrogen-bond acceptors (Lipinski definition) is 2. The topological polar surface area (TPSA) is 41.1 Å². The van der Waals surface area contributed by atoms with Gasteiger partial charge < -0.3 is 10.6 Å². The monoisotopic (exact) mass is 306 g/mol. The van der Waals surface area contributed by atoms with E-state index in [1.54, 1.807) is 31.2 Å². The average Bonchev–Trinajstić information content (AvgIpc) is 2.44. The van der Waals surface area contributed by atoms with Crippen LogP contribution >= 0.6 is 11.6 Å². The molecule has 2 rings (SSSR count). The fourth-order valence-electron chi connectivity index (χ4n) is 1.90. The van der Waals surface area contributed by atoms with Crippen LogP contribution in [0, 0.1) is 19.7 Å². The van der Waals surface area contributed by atoms with Gasteiger partial charge in [0.25, 0.3) is 0 Å². The normalized spacial score (nSPS) is 10.3. The predicted molar refractivity (Wildman–Crippen MR) is 84.4 cm³/mol. The molecule has 2 aromatic rings. The first kappa shape index (κ1) is 15.3. The van der Waals surface area contributed by atoms with Crippen molar-refractivity contribution in [1.29, 1.82) is 0 Å². The molecule has 3 nitrogen and oxygen atoms in total. The molecular weight excluding hydrogens is 291 g/mol. The molecule has 5 heteroatoms. The summed E-state index contributed by atoms with van der Waals surface area (Å²) in [5, 5.41) is 6.26. The maximum Gasteiger partial charge on any atom is 0.243 e. The van der Waals surface area contributed by atoms with Gasteiger partial charge >= 0.3 is 0 Å². The Morgan fingerprint density at radius 1 is 1.19 bits per heavy atom. The van der Waals surface area contributed by atoms with E-state index in [-0.39, 0.29) is 18.3 Å². The van der Waals surface area contributed by atoms with Gasteiger partial charge in [-0.2, -0.15) is 0 Å². The molecule has 110 valence electrons. The molecule has 0 heterocycles. The van der Waals surface area contributed by atoms with E-state index in [0.29, 0.717) is 22.0 Å². The van der Waals surface area contributed by atoms with Gasteiger partial charge in [0.1, 0.15) is 5.82 Å². The van der Waals surface area contributed by atoms with Gasteiger partial charge in [0, 0.05) is 22.0 Å². The molecule has 0 aliphatic heterocycles. The molecular formula is C16H16ClFN2O. The summed E-state index contributed by atoms with van der Waals surface area (Å²) in [6, 6.07) is 10.0. The molecule has 0 fully saturated rings. The third-order valence-electron chi connectivity index (χ3n) is 3.18. The van der Waals surface area contributed by atoms with Crippen molar-refractivity contribution in [2.45, 2.75) is 13.8 Å². The van der Waals surface area contributed by atoms with Crippen LogP contribution in [0.1, 0.15) is 11.1 Å². The highest BCUT2D eigenvalue weighted by Gasteiger charge is 2.07. The van der Waals surface area contributed by atoms with Crippen molar-refractivity contribution in [1.82, 2.24) is 0 Å². The standard InChI is InChI=1S/C16H16ClFN2O/c1-10-6-7-12(17)8-15(10)20-16(21)9-19-14-5-3-4-13(18)11(14)2/h3-8,19H,9H2,1-2H3,(H,20,21). The molecule has 0 spiro atoms. The summed E-state index contributed by atoms with van der Waals surface area (Å²) < 4.78 is 13.4. The average molecular weight is 307 g/mol. The molecule has 0 aliphatic rings. The summed E-state index contributed by atoms with van der Waals surface area (Å²) in [4.78, 5) is 11.9.